The number of aliphatic carboxylic acids is 1. The van der Waals surface area contributed by atoms with Crippen LogP contribution in [0.4, 0.5) is 0 Å². The monoisotopic (exact) mass is 261 g/mol. The first kappa shape index (κ1) is 13.5. The van der Waals surface area contributed by atoms with Crippen LogP contribution in [-0.2, 0) is 17.8 Å². The van der Waals surface area contributed by atoms with Gasteiger partial charge in [0.2, 0.25) is 0 Å². The topological polar surface area (TPSA) is 68.0 Å². The maximum absolute atomic E-state index is 10.9. The highest BCUT2D eigenvalue weighted by atomic mass is 16.4. The summed E-state index contributed by atoms with van der Waals surface area (Å²) in [6, 6.07) is 3.80. The quantitative estimate of drug-likeness (QED) is 0.897. The van der Waals surface area contributed by atoms with Crippen LogP contribution < -0.4 is 0 Å². The summed E-state index contributed by atoms with van der Waals surface area (Å²) in [7, 11) is 0. The Hall–Kier alpha value is -1.91. The van der Waals surface area contributed by atoms with E-state index in [4.69, 9.17) is 5.11 Å². The summed E-state index contributed by atoms with van der Waals surface area (Å²) < 4.78 is 2.05. The van der Waals surface area contributed by atoms with E-state index < -0.39 is 5.97 Å². The summed E-state index contributed by atoms with van der Waals surface area (Å²) in [5, 5.41) is 8.95. The van der Waals surface area contributed by atoms with Gasteiger partial charge in [0.1, 0.15) is 11.3 Å². The first-order chi connectivity index (χ1) is 8.93. The summed E-state index contributed by atoms with van der Waals surface area (Å²) in [5.41, 5.74) is 1.41. The molecule has 0 fully saturated rings. The number of imidazole rings is 1. The van der Waals surface area contributed by atoms with Gasteiger partial charge in [-0.2, -0.15) is 0 Å². The lowest BCUT2D eigenvalue weighted by Crippen LogP contribution is -2.22. The lowest BCUT2D eigenvalue weighted by atomic mass is 9.85. The van der Waals surface area contributed by atoms with Gasteiger partial charge in [-0.05, 0) is 24.5 Å². The van der Waals surface area contributed by atoms with E-state index in [0.717, 1.165) is 23.5 Å². The molecule has 2 aromatic rings. The number of aryl methyl sites for hydroxylation is 1. The van der Waals surface area contributed by atoms with Crippen LogP contribution in [0.5, 0.6) is 0 Å². The van der Waals surface area contributed by atoms with Gasteiger partial charge in [0.25, 0.3) is 0 Å². The number of aromatic nitrogens is 3. The zero-order valence-electron chi connectivity index (χ0n) is 11.6. The molecule has 0 aromatic carbocycles. The van der Waals surface area contributed by atoms with Crippen LogP contribution in [0.3, 0.4) is 0 Å². The summed E-state index contributed by atoms with van der Waals surface area (Å²) >= 11 is 0. The molecule has 0 aliphatic carbocycles. The van der Waals surface area contributed by atoms with E-state index in [1.54, 1.807) is 6.20 Å². The molecule has 0 spiro atoms. The molecule has 0 radical (unpaired) electrons. The zero-order chi connectivity index (χ0) is 14.0. The van der Waals surface area contributed by atoms with Crippen molar-refractivity contribution in [3.63, 3.8) is 0 Å². The lowest BCUT2D eigenvalue weighted by molar-refractivity contribution is -0.139. The number of fused-ring (bicyclic) bond motifs is 1. The molecule has 2 heterocycles. The number of pyridine rings is 1. The summed E-state index contributed by atoms with van der Waals surface area (Å²) in [4.78, 5) is 19.8. The molecule has 0 saturated heterocycles. The van der Waals surface area contributed by atoms with Crippen molar-refractivity contribution < 1.29 is 9.90 Å². The Kier molecular flexibility index (Phi) is 3.55. The highest BCUT2D eigenvalue weighted by Gasteiger charge is 2.25. The molecule has 0 bridgehead atoms. The number of carboxylic acid groups (broad SMARTS) is 1. The minimum atomic E-state index is -0.776. The third-order valence-corrected chi connectivity index (χ3v) is 3.17. The average molecular weight is 261 g/mol. The number of rotatable bonds is 5. The van der Waals surface area contributed by atoms with Gasteiger partial charge < -0.3 is 9.67 Å². The van der Waals surface area contributed by atoms with E-state index in [-0.39, 0.29) is 11.8 Å². The highest BCUT2D eigenvalue weighted by Crippen LogP contribution is 2.27. The van der Waals surface area contributed by atoms with E-state index in [1.807, 2.05) is 32.9 Å². The highest BCUT2D eigenvalue weighted by molar-refractivity contribution is 5.71. The van der Waals surface area contributed by atoms with E-state index in [1.165, 1.54) is 0 Å². The molecular formula is C14H19N3O2. The van der Waals surface area contributed by atoms with E-state index in [2.05, 4.69) is 14.5 Å². The Balaban J connectivity index is 2.37. The van der Waals surface area contributed by atoms with Crippen LogP contribution in [-0.4, -0.2) is 25.6 Å². The van der Waals surface area contributed by atoms with Gasteiger partial charge in [0.15, 0.2) is 5.65 Å². The molecule has 102 valence electrons. The third kappa shape index (κ3) is 2.92. The fraction of sp³-hybridized carbons (Fsp3) is 0.500. The Morgan fingerprint density at radius 3 is 2.84 bits per heavy atom. The zero-order valence-corrected chi connectivity index (χ0v) is 11.6. The van der Waals surface area contributed by atoms with Crippen LogP contribution in [0, 0.1) is 5.41 Å². The van der Waals surface area contributed by atoms with Crippen LogP contribution >= 0.6 is 0 Å². The average Bonchev–Trinajstić information content (AvgIpc) is 2.62. The summed E-state index contributed by atoms with van der Waals surface area (Å²) in [6.45, 7) is 6.73. The van der Waals surface area contributed by atoms with Crippen molar-refractivity contribution in [3.05, 3.63) is 24.2 Å². The first-order valence-corrected chi connectivity index (χ1v) is 6.45. The van der Waals surface area contributed by atoms with Crippen molar-refractivity contribution in [1.29, 1.82) is 0 Å². The minimum Gasteiger partial charge on any atom is -0.481 e. The molecular weight excluding hydrogens is 242 g/mol. The summed E-state index contributed by atoms with van der Waals surface area (Å²) in [6.07, 6.45) is 2.51. The van der Waals surface area contributed by atoms with Crippen molar-refractivity contribution in [2.45, 2.75) is 40.2 Å². The fourth-order valence-electron chi connectivity index (χ4n) is 2.37. The second kappa shape index (κ2) is 4.99. The van der Waals surface area contributed by atoms with Crippen LogP contribution in [0.2, 0.25) is 0 Å². The molecule has 0 amide bonds. The molecule has 0 aliphatic rings. The third-order valence-electron chi connectivity index (χ3n) is 3.17. The Morgan fingerprint density at radius 2 is 2.21 bits per heavy atom. The maximum Gasteiger partial charge on any atom is 0.303 e. The molecule has 0 saturated carbocycles. The molecule has 1 N–H and O–H groups in total. The predicted molar refractivity (Wildman–Crippen MR) is 72.9 cm³/mol. The molecule has 0 atom stereocenters. The smallest absolute Gasteiger partial charge is 0.303 e. The summed E-state index contributed by atoms with van der Waals surface area (Å²) in [5.74, 6) is 0.129. The van der Waals surface area contributed by atoms with Crippen molar-refractivity contribution in [3.8, 4) is 0 Å². The van der Waals surface area contributed by atoms with Crippen molar-refractivity contribution in [2.24, 2.45) is 5.41 Å². The number of nitrogens with zero attached hydrogens (tertiary/aromatic N) is 3. The fourth-order valence-corrected chi connectivity index (χ4v) is 2.37. The number of carbonyl (C=O) groups is 1. The number of carboxylic acids is 1. The Morgan fingerprint density at radius 1 is 1.47 bits per heavy atom. The minimum absolute atomic E-state index is 0.132. The molecule has 0 unspecified atom stereocenters. The number of hydrogen-bond acceptors (Lipinski definition) is 3. The Labute approximate surface area is 112 Å². The second-order valence-electron chi connectivity index (χ2n) is 5.53. The van der Waals surface area contributed by atoms with Gasteiger partial charge in [0.05, 0.1) is 6.42 Å². The van der Waals surface area contributed by atoms with Gasteiger partial charge in [-0.15, -0.1) is 0 Å². The van der Waals surface area contributed by atoms with Crippen LogP contribution in [0.15, 0.2) is 18.3 Å². The first-order valence-electron chi connectivity index (χ1n) is 6.45. The van der Waals surface area contributed by atoms with E-state index >= 15 is 0 Å². The second-order valence-corrected chi connectivity index (χ2v) is 5.53. The molecule has 0 aliphatic heterocycles. The largest absolute Gasteiger partial charge is 0.481 e. The van der Waals surface area contributed by atoms with Crippen molar-refractivity contribution in [2.75, 3.05) is 0 Å². The van der Waals surface area contributed by atoms with Crippen molar-refractivity contribution in [1.82, 2.24) is 14.5 Å². The van der Waals surface area contributed by atoms with Crippen LogP contribution in [0.25, 0.3) is 11.2 Å². The van der Waals surface area contributed by atoms with Gasteiger partial charge in [-0.1, -0.05) is 13.8 Å². The van der Waals surface area contributed by atoms with Gasteiger partial charge >= 0.3 is 5.97 Å². The normalized spacial score (nSPS) is 11.9. The van der Waals surface area contributed by atoms with Crippen LogP contribution in [0.1, 0.15) is 33.0 Å². The predicted octanol–water partition coefficient (Wildman–Crippen LogP) is 2.49. The Bertz CT molecular complexity index is 602. The lowest BCUT2D eigenvalue weighted by Gasteiger charge is -2.22. The molecule has 5 heteroatoms. The number of hydrogen-bond donors (Lipinski definition) is 1. The van der Waals surface area contributed by atoms with E-state index in [9.17, 15) is 4.79 Å². The molecule has 5 nitrogen and oxygen atoms in total. The molecule has 2 rings (SSSR count). The van der Waals surface area contributed by atoms with E-state index in [0.29, 0.717) is 6.42 Å². The maximum atomic E-state index is 10.9. The van der Waals surface area contributed by atoms with Gasteiger partial charge in [-0.3, -0.25) is 4.79 Å². The molecule has 19 heavy (non-hydrogen) atoms. The molecule has 2 aromatic heterocycles. The van der Waals surface area contributed by atoms with Gasteiger partial charge in [0, 0.05) is 19.2 Å². The van der Waals surface area contributed by atoms with Gasteiger partial charge in [-0.25, -0.2) is 9.97 Å². The standard InChI is InChI=1S/C14H19N3O2/c1-4-17-11(8-14(2,3)9-12(18)19)16-10-6-5-7-15-13(10)17/h5-7H,4,8-9H2,1-3H3,(H,18,19). The van der Waals surface area contributed by atoms with Crippen molar-refractivity contribution >= 4 is 17.1 Å². The SMILES string of the molecule is CCn1c(CC(C)(C)CC(=O)O)nc2cccnc21.